The fourth-order valence-electron chi connectivity index (χ4n) is 2.83. The van der Waals surface area contributed by atoms with Crippen LogP contribution in [0.1, 0.15) is 25.7 Å². The fourth-order valence-corrected chi connectivity index (χ4v) is 3.91. The summed E-state index contributed by atoms with van der Waals surface area (Å²) in [5.41, 5.74) is 4.94. The molecule has 2 atom stereocenters. The van der Waals surface area contributed by atoms with Gasteiger partial charge in [-0.15, -0.1) is 11.8 Å². The molecule has 0 amide bonds. The van der Waals surface area contributed by atoms with Gasteiger partial charge in [0.2, 0.25) is 0 Å². The number of carboxylic acids is 1. The number of hydrogen-bond donors (Lipinski definition) is 2. The van der Waals surface area contributed by atoms with Crippen LogP contribution in [0.5, 0.6) is 0 Å². The van der Waals surface area contributed by atoms with Gasteiger partial charge >= 0.3 is 5.97 Å². The van der Waals surface area contributed by atoms with Crippen molar-refractivity contribution in [1.82, 2.24) is 0 Å². The maximum absolute atomic E-state index is 11.3. The van der Waals surface area contributed by atoms with Crippen LogP contribution in [-0.2, 0) is 4.79 Å². The van der Waals surface area contributed by atoms with E-state index in [1.807, 2.05) is 0 Å². The Morgan fingerprint density at radius 1 is 1.52 bits per heavy atom. The molecular weight excluding hydrogens is 292 g/mol. The van der Waals surface area contributed by atoms with Crippen molar-refractivity contribution in [2.75, 3.05) is 5.75 Å². The largest absolute Gasteiger partial charge is 0.480 e. The number of nitrogens with zero attached hydrogens (tertiary/aromatic N) is 1. The number of thioether (sulfide) groups is 1. The summed E-state index contributed by atoms with van der Waals surface area (Å²) in [4.78, 5) is 22.4. The van der Waals surface area contributed by atoms with Crippen molar-refractivity contribution in [3.8, 4) is 0 Å². The maximum atomic E-state index is 11.3. The SMILES string of the molecule is NC1(C(=O)O)CCCC1CCSc1ccccc1[N+](=O)[O-]. The van der Waals surface area contributed by atoms with Crippen LogP contribution in [0.15, 0.2) is 29.2 Å². The monoisotopic (exact) mass is 310 g/mol. The number of hydrogen-bond acceptors (Lipinski definition) is 5. The number of carbonyl (C=O) groups is 1. The van der Waals surface area contributed by atoms with Gasteiger partial charge in [0.25, 0.3) is 5.69 Å². The minimum absolute atomic E-state index is 0.0646. The average molecular weight is 310 g/mol. The number of nitro benzene ring substituents is 1. The lowest BCUT2D eigenvalue weighted by atomic mass is 9.86. The summed E-state index contributed by atoms with van der Waals surface area (Å²) in [7, 11) is 0. The number of carboxylic acid groups (broad SMARTS) is 1. The van der Waals surface area contributed by atoms with Crippen molar-refractivity contribution in [2.45, 2.75) is 36.1 Å². The topological polar surface area (TPSA) is 106 Å². The average Bonchev–Trinajstić information content (AvgIpc) is 2.82. The van der Waals surface area contributed by atoms with Crippen LogP contribution in [-0.4, -0.2) is 27.3 Å². The van der Waals surface area contributed by atoms with E-state index in [0.717, 1.165) is 12.8 Å². The van der Waals surface area contributed by atoms with Crippen LogP contribution in [0.25, 0.3) is 0 Å². The highest BCUT2D eigenvalue weighted by atomic mass is 32.2. The van der Waals surface area contributed by atoms with Crippen molar-refractivity contribution in [1.29, 1.82) is 0 Å². The van der Waals surface area contributed by atoms with Crippen LogP contribution < -0.4 is 5.73 Å². The quantitative estimate of drug-likeness (QED) is 0.475. The third kappa shape index (κ3) is 3.36. The Morgan fingerprint density at radius 2 is 2.24 bits per heavy atom. The first-order chi connectivity index (χ1) is 9.95. The highest BCUT2D eigenvalue weighted by molar-refractivity contribution is 7.99. The lowest BCUT2D eigenvalue weighted by Crippen LogP contribution is -2.51. The van der Waals surface area contributed by atoms with Gasteiger partial charge in [0.05, 0.1) is 9.82 Å². The highest BCUT2D eigenvalue weighted by Crippen LogP contribution is 2.38. The first-order valence-corrected chi connectivity index (χ1v) is 7.82. The predicted molar refractivity (Wildman–Crippen MR) is 80.3 cm³/mol. The fraction of sp³-hybridized carbons (Fsp3) is 0.500. The Balaban J connectivity index is 1.96. The maximum Gasteiger partial charge on any atom is 0.323 e. The van der Waals surface area contributed by atoms with Crippen molar-refractivity contribution >= 4 is 23.4 Å². The molecule has 21 heavy (non-hydrogen) atoms. The highest BCUT2D eigenvalue weighted by Gasteiger charge is 2.45. The van der Waals surface area contributed by atoms with Crippen LogP contribution in [0.2, 0.25) is 0 Å². The molecule has 0 saturated heterocycles. The zero-order valence-corrected chi connectivity index (χ0v) is 12.3. The van der Waals surface area contributed by atoms with Crippen molar-refractivity contribution in [3.63, 3.8) is 0 Å². The molecule has 0 heterocycles. The summed E-state index contributed by atoms with van der Waals surface area (Å²) >= 11 is 1.38. The molecule has 1 saturated carbocycles. The number of aliphatic carboxylic acids is 1. The molecule has 7 heteroatoms. The molecule has 0 aliphatic heterocycles. The number of benzene rings is 1. The second-order valence-electron chi connectivity index (χ2n) is 5.30. The minimum atomic E-state index is -1.14. The second kappa shape index (κ2) is 6.44. The van der Waals surface area contributed by atoms with E-state index in [9.17, 15) is 20.0 Å². The molecule has 0 radical (unpaired) electrons. The minimum Gasteiger partial charge on any atom is -0.480 e. The van der Waals surface area contributed by atoms with E-state index in [2.05, 4.69) is 0 Å². The van der Waals surface area contributed by atoms with Crippen molar-refractivity contribution < 1.29 is 14.8 Å². The molecule has 6 nitrogen and oxygen atoms in total. The van der Waals surface area contributed by atoms with Gasteiger partial charge in [-0.2, -0.15) is 0 Å². The second-order valence-corrected chi connectivity index (χ2v) is 6.43. The summed E-state index contributed by atoms with van der Waals surface area (Å²) in [5, 5.41) is 20.2. The summed E-state index contributed by atoms with van der Waals surface area (Å²) < 4.78 is 0. The van der Waals surface area contributed by atoms with Crippen LogP contribution in [0.3, 0.4) is 0 Å². The summed E-state index contributed by atoms with van der Waals surface area (Å²) in [6.45, 7) is 0. The smallest absolute Gasteiger partial charge is 0.323 e. The van der Waals surface area contributed by atoms with Crippen LogP contribution in [0.4, 0.5) is 5.69 Å². The zero-order chi connectivity index (χ0) is 15.5. The normalized spacial score (nSPS) is 24.9. The van der Waals surface area contributed by atoms with Gasteiger partial charge in [-0.3, -0.25) is 14.9 Å². The van der Waals surface area contributed by atoms with E-state index in [-0.39, 0.29) is 11.6 Å². The molecule has 1 aliphatic carbocycles. The number of nitrogens with two attached hydrogens (primary N) is 1. The summed E-state index contributed by atoms with van der Waals surface area (Å²) in [6, 6.07) is 6.58. The van der Waals surface area contributed by atoms with E-state index in [0.29, 0.717) is 23.5 Å². The standard InChI is InChI=1S/C14H18N2O4S/c15-14(13(17)18)8-3-4-10(14)7-9-21-12-6-2-1-5-11(12)16(19)20/h1-2,5-6,10H,3-4,7-9,15H2,(H,17,18). The lowest BCUT2D eigenvalue weighted by Gasteiger charge is -2.26. The third-order valence-corrected chi connectivity index (χ3v) is 5.15. The number of nitro groups is 1. The first kappa shape index (κ1) is 15.8. The van der Waals surface area contributed by atoms with Gasteiger partial charge in [0.1, 0.15) is 5.54 Å². The predicted octanol–water partition coefficient (Wildman–Crippen LogP) is 2.66. The Hall–Kier alpha value is -1.60. The molecule has 0 spiro atoms. The zero-order valence-electron chi connectivity index (χ0n) is 11.5. The van der Waals surface area contributed by atoms with E-state index < -0.39 is 16.4 Å². The number of para-hydroxylation sites is 1. The molecule has 1 aromatic carbocycles. The molecule has 1 aliphatic rings. The molecule has 2 unspecified atom stereocenters. The van der Waals surface area contributed by atoms with Crippen LogP contribution in [0, 0.1) is 16.0 Å². The molecule has 1 fully saturated rings. The van der Waals surface area contributed by atoms with Gasteiger partial charge in [-0.1, -0.05) is 18.6 Å². The van der Waals surface area contributed by atoms with E-state index >= 15 is 0 Å². The van der Waals surface area contributed by atoms with E-state index in [1.54, 1.807) is 18.2 Å². The molecule has 2 rings (SSSR count). The van der Waals surface area contributed by atoms with Crippen molar-refractivity contribution in [3.05, 3.63) is 34.4 Å². The Labute approximate surface area is 126 Å². The van der Waals surface area contributed by atoms with Crippen molar-refractivity contribution in [2.24, 2.45) is 11.7 Å². The summed E-state index contributed by atoms with van der Waals surface area (Å²) in [5.74, 6) is -0.382. The lowest BCUT2D eigenvalue weighted by molar-refractivity contribution is -0.387. The molecule has 1 aromatic rings. The Bertz CT molecular complexity index is 552. The Kier molecular flexibility index (Phi) is 4.84. The first-order valence-electron chi connectivity index (χ1n) is 6.83. The van der Waals surface area contributed by atoms with Crippen LogP contribution >= 0.6 is 11.8 Å². The third-order valence-electron chi connectivity index (χ3n) is 4.06. The molecule has 0 bridgehead atoms. The molecular formula is C14H18N2O4S. The molecule has 114 valence electrons. The van der Waals surface area contributed by atoms with E-state index in [4.69, 9.17) is 5.73 Å². The van der Waals surface area contributed by atoms with Gasteiger partial charge in [-0.25, -0.2) is 0 Å². The van der Waals surface area contributed by atoms with Gasteiger partial charge in [-0.05, 0) is 37.0 Å². The Morgan fingerprint density at radius 3 is 2.90 bits per heavy atom. The molecule has 0 aromatic heterocycles. The molecule has 3 N–H and O–H groups in total. The van der Waals surface area contributed by atoms with Gasteiger partial charge < -0.3 is 10.8 Å². The van der Waals surface area contributed by atoms with Gasteiger partial charge in [0, 0.05) is 6.07 Å². The van der Waals surface area contributed by atoms with Gasteiger partial charge in [0.15, 0.2) is 0 Å². The summed E-state index contributed by atoms with van der Waals surface area (Å²) in [6.07, 6.45) is 2.78. The van der Waals surface area contributed by atoms with E-state index in [1.165, 1.54) is 17.8 Å². The number of rotatable bonds is 6.